The van der Waals surface area contributed by atoms with E-state index in [9.17, 15) is 0 Å². The molecule has 0 bridgehead atoms. The van der Waals surface area contributed by atoms with Crippen LogP contribution in [0.4, 0.5) is 5.69 Å². The lowest BCUT2D eigenvalue weighted by Crippen LogP contribution is -2.29. The molecule has 1 aliphatic rings. The first kappa shape index (κ1) is 10.5. The van der Waals surface area contributed by atoms with Gasteiger partial charge in [-0.1, -0.05) is 26.7 Å². The summed E-state index contributed by atoms with van der Waals surface area (Å²) in [6, 6.07) is 0.642. The predicted molar refractivity (Wildman–Crippen MR) is 62.8 cm³/mol. The minimum absolute atomic E-state index is 0.642. The number of hydrogen-bond acceptors (Lipinski definition) is 2. The van der Waals surface area contributed by atoms with Gasteiger partial charge in [-0.25, -0.2) is 0 Å². The predicted octanol–water partition coefficient (Wildman–Crippen LogP) is 3.04. The Kier molecular flexibility index (Phi) is 3.29. The Morgan fingerprint density at radius 1 is 1.47 bits per heavy atom. The first-order valence-electron chi connectivity index (χ1n) is 6.01. The Bertz CT molecular complexity index is 279. The van der Waals surface area contributed by atoms with Crippen molar-refractivity contribution >= 4 is 5.69 Å². The lowest BCUT2D eigenvalue weighted by atomic mass is 9.79. The molecule has 1 heterocycles. The Morgan fingerprint density at radius 3 is 3.00 bits per heavy atom. The number of aromatic nitrogens is 2. The number of rotatable bonds is 3. The van der Waals surface area contributed by atoms with Crippen molar-refractivity contribution in [1.82, 2.24) is 10.2 Å². The van der Waals surface area contributed by atoms with Crippen molar-refractivity contribution in [3.8, 4) is 0 Å². The molecule has 2 N–H and O–H groups in total. The fourth-order valence-electron chi connectivity index (χ4n) is 2.53. The summed E-state index contributed by atoms with van der Waals surface area (Å²) in [5.41, 5.74) is 1.13. The van der Waals surface area contributed by atoms with E-state index in [1.165, 1.54) is 25.7 Å². The Hall–Kier alpha value is -0.990. The third kappa shape index (κ3) is 2.74. The van der Waals surface area contributed by atoms with Crippen molar-refractivity contribution in [2.75, 3.05) is 5.32 Å². The highest BCUT2D eigenvalue weighted by molar-refractivity contribution is 5.38. The van der Waals surface area contributed by atoms with Crippen molar-refractivity contribution in [2.24, 2.45) is 11.8 Å². The molecular weight excluding hydrogens is 186 g/mol. The molecule has 0 aromatic carbocycles. The minimum atomic E-state index is 0.642. The topological polar surface area (TPSA) is 40.7 Å². The van der Waals surface area contributed by atoms with E-state index in [1.807, 2.05) is 12.4 Å². The summed E-state index contributed by atoms with van der Waals surface area (Å²) < 4.78 is 0. The second kappa shape index (κ2) is 4.69. The van der Waals surface area contributed by atoms with Gasteiger partial charge in [0.15, 0.2) is 0 Å². The normalized spacial score (nSPS) is 26.9. The Morgan fingerprint density at radius 2 is 2.33 bits per heavy atom. The van der Waals surface area contributed by atoms with Gasteiger partial charge < -0.3 is 5.32 Å². The van der Waals surface area contributed by atoms with Gasteiger partial charge in [0, 0.05) is 12.2 Å². The third-order valence-electron chi connectivity index (χ3n) is 3.53. The molecule has 2 atom stereocenters. The second-order valence-electron chi connectivity index (χ2n) is 5.00. The van der Waals surface area contributed by atoms with Gasteiger partial charge >= 0.3 is 0 Å². The molecule has 0 spiro atoms. The Balaban J connectivity index is 1.88. The maximum absolute atomic E-state index is 3.95. The molecule has 1 aromatic heterocycles. The smallest absolute Gasteiger partial charge is 0.0725 e. The van der Waals surface area contributed by atoms with Crippen molar-refractivity contribution < 1.29 is 0 Å². The van der Waals surface area contributed by atoms with E-state index >= 15 is 0 Å². The first-order chi connectivity index (χ1) is 7.25. The molecule has 0 aliphatic heterocycles. The zero-order valence-corrected chi connectivity index (χ0v) is 9.66. The van der Waals surface area contributed by atoms with Crippen LogP contribution in [0.1, 0.15) is 39.5 Å². The van der Waals surface area contributed by atoms with Crippen molar-refractivity contribution in [3.63, 3.8) is 0 Å². The summed E-state index contributed by atoms with van der Waals surface area (Å²) in [6.07, 6.45) is 9.16. The van der Waals surface area contributed by atoms with Crippen LogP contribution in [-0.2, 0) is 0 Å². The summed E-state index contributed by atoms with van der Waals surface area (Å²) in [5, 5.41) is 10.3. The standard InChI is InChI=1S/C12H21N3/c1-9(2)10-4-3-5-11(6-10)15-12-7-13-14-8-12/h7-11,15H,3-6H2,1-2H3,(H,13,14). The van der Waals surface area contributed by atoms with Crippen LogP contribution in [0.15, 0.2) is 12.4 Å². The molecule has 1 saturated carbocycles. The number of nitrogens with one attached hydrogen (secondary N) is 2. The molecule has 1 fully saturated rings. The number of H-pyrrole nitrogens is 1. The number of hydrogen-bond donors (Lipinski definition) is 2. The van der Waals surface area contributed by atoms with Crippen LogP contribution in [0, 0.1) is 11.8 Å². The summed E-state index contributed by atoms with van der Waals surface area (Å²) in [6.45, 7) is 4.68. The Labute approximate surface area is 91.7 Å². The fraction of sp³-hybridized carbons (Fsp3) is 0.750. The van der Waals surface area contributed by atoms with Gasteiger partial charge in [0.1, 0.15) is 0 Å². The van der Waals surface area contributed by atoms with Gasteiger partial charge in [-0.15, -0.1) is 0 Å². The second-order valence-corrected chi connectivity index (χ2v) is 5.00. The highest BCUT2D eigenvalue weighted by atomic mass is 15.1. The van der Waals surface area contributed by atoms with E-state index in [4.69, 9.17) is 0 Å². The molecule has 0 radical (unpaired) electrons. The molecule has 15 heavy (non-hydrogen) atoms. The zero-order valence-electron chi connectivity index (χ0n) is 9.66. The van der Waals surface area contributed by atoms with E-state index in [-0.39, 0.29) is 0 Å². The fourth-order valence-corrected chi connectivity index (χ4v) is 2.53. The van der Waals surface area contributed by atoms with Gasteiger partial charge in [0.05, 0.1) is 11.9 Å². The lowest BCUT2D eigenvalue weighted by Gasteiger charge is -2.32. The van der Waals surface area contributed by atoms with E-state index in [0.29, 0.717) is 6.04 Å². The van der Waals surface area contributed by atoms with E-state index in [1.54, 1.807) is 0 Å². The highest BCUT2D eigenvalue weighted by Gasteiger charge is 2.23. The quantitative estimate of drug-likeness (QED) is 0.799. The third-order valence-corrected chi connectivity index (χ3v) is 3.53. The van der Waals surface area contributed by atoms with Gasteiger partial charge in [-0.05, 0) is 24.7 Å². The molecule has 84 valence electrons. The van der Waals surface area contributed by atoms with Crippen LogP contribution in [-0.4, -0.2) is 16.2 Å². The number of aromatic amines is 1. The largest absolute Gasteiger partial charge is 0.380 e. The molecule has 0 amide bonds. The average Bonchev–Trinajstić information content (AvgIpc) is 2.71. The molecule has 2 rings (SSSR count). The maximum Gasteiger partial charge on any atom is 0.0725 e. The summed E-state index contributed by atoms with van der Waals surface area (Å²) >= 11 is 0. The molecular formula is C12H21N3. The molecule has 1 aliphatic carbocycles. The van der Waals surface area contributed by atoms with Crippen LogP contribution in [0.3, 0.4) is 0 Å². The average molecular weight is 207 g/mol. The summed E-state index contributed by atoms with van der Waals surface area (Å²) in [4.78, 5) is 0. The minimum Gasteiger partial charge on any atom is -0.380 e. The van der Waals surface area contributed by atoms with Crippen LogP contribution >= 0.6 is 0 Å². The SMILES string of the molecule is CC(C)C1CCCC(Nc2cn[nH]c2)C1. The number of anilines is 1. The van der Waals surface area contributed by atoms with Crippen LogP contribution in [0.5, 0.6) is 0 Å². The van der Waals surface area contributed by atoms with Crippen molar-refractivity contribution in [1.29, 1.82) is 0 Å². The van der Waals surface area contributed by atoms with Gasteiger partial charge in [0.2, 0.25) is 0 Å². The zero-order chi connectivity index (χ0) is 10.7. The van der Waals surface area contributed by atoms with E-state index < -0.39 is 0 Å². The van der Waals surface area contributed by atoms with Gasteiger partial charge in [-0.3, -0.25) is 5.10 Å². The van der Waals surface area contributed by atoms with E-state index in [2.05, 4.69) is 29.4 Å². The van der Waals surface area contributed by atoms with E-state index in [0.717, 1.165) is 17.5 Å². The first-order valence-corrected chi connectivity index (χ1v) is 6.01. The maximum atomic E-state index is 3.95. The van der Waals surface area contributed by atoms with Gasteiger partial charge in [-0.2, -0.15) is 5.10 Å². The molecule has 2 unspecified atom stereocenters. The molecule has 3 nitrogen and oxygen atoms in total. The summed E-state index contributed by atoms with van der Waals surface area (Å²) in [7, 11) is 0. The molecule has 1 aromatic rings. The van der Waals surface area contributed by atoms with Gasteiger partial charge in [0.25, 0.3) is 0 Å². The molecule has 0 saturated heterocycles. The number of nitrogens with zero attached hydrogens (tertiary/aromatic N) is 1. The van der Waals surface area contributed by atoms with Crippen LogP contribution in [0.25, 0.3) is 0 Å². The lowest BCUT2D eigenvalue weighted by molar-refractivity contribution is 0.264. The van der Waals surface area contributed by atoms with Crippen molar-refractivity contribution in [3.05, 3.63) is 12.4 Å². The highest BCUT2D eigenvalue weighted by Crippen LogP contribution is 2.31. The van der Waals surface area contributed by atoms with Crippen molar-refractivity contribution in [2.45, 2.75) is 45.6 Å². The molecule has 3 heteroatoms. The monoisotopic (exact) mass is 207 g/mol. The summed E-state index contributed by atoms with van der Waals surface area (Å²) in [5.74, 6) is 1.71. The van der Waals surface area contributed by atoms with Crippen LogP contribution < -0.4 is 5.32 Å². The van der Waals surface area contributed by atoms with Crippen LogP contribution in [0.2, 0.25) is 0 Å².